The van der Waals surface area contributed by atoms with Crippen LogP contribution in [0.25, 0.3) is 0 Å². The standard InChI is InChI=1S/C18H26N6O2.HI/c1-3-19-18(21-14-17-11-13-22-23(17)2)20-12-5-4-6-15-7-9-16(10-8-15)24(25)26;/h7-11,13H,3-6,12,14H2,1-2H3,(H2,19,20,21);1H. The van der Waals surface area contributed by atoms with Crippen LogP contribution in [0.2, 0.25) is 0 Å². The van der Waals surface area contributed by atoms with E-state index < -0.39 is 0 Å². The Morgan fingerprint density at radius 2 is 1.96 bits per heavy atom. The number of nitrogens with one attached hydrogen (secondary N) is 2. The Balaban J connectivity index is 0.00000364. The van der Waals surface area contributed by atoms with E-state index in [0.717, 1.165) is 49.6 Å². The summed E-state index contributed by atoms with van der Waals surface area (Å²) in [6, 6.07) is 8.72. The van der Waals surface area contributed by atoms with E-state index in [1.807, 2.05) is 36.9 Å². The van der Waals surface area contributed by atoms with E-state index in [2.05, 4.69) is 20.7 Å². The molecule has 2 aromatic rings. The zero-order chi connectivity index (χ0) is 18.8. The van der Waals surface area contributed by atoms with Gasteiger partial charge >= 0.3 is 0 Å². The van der Waals surface area contributed by atoms with Gasteiger partial charge in [0.25, 0.3) is 5.69 Å². The summed E-state index contributed by atoms with van der Waals surface area (Å²) in [5.74, 6) is 0.795. The van der Waals surface area contributed by atoms with Crippen molar-refractivity contribution in [3.63, 3.8) is 0 Å². The molecule has 0 radical (unpaired) electrons. The monoisotopic (exact) mass is 486 g/mol. The summed E-state index contributed by atoms with van der Waals surface area (Å²) < 4.78 is 1.82. The van der Waals surface area contributed by atoms with Crippen LogP contribution in [0.5, 0.6) is 0 Å². The average Bonchev–Trinajstić information content (AvgIpc) is 3.04. The number of nitrogens with zero attached hydrogens (tertiary/aromatic N) is 4. The van der Waals surface area contributed by atoms with Gasteiger partial charge in [-0.3, -0.25) is 14.8 Å². The van der Waals surface area contributed by atoms with Crippen molar-refractivity contribution in [1.82, 2.24) is 20.4 Å². The first-order chi connectivity index (χ1) is 12.6. The first kappa shape index (κ1) is 22.9. The van der Waals surface area contributed by atoms with Gasteiger partial charge in [0.1, 0.15) is 0 Å². The summed E-state index contributed by atoms with van der Waals surface area (Å²) in [6.45, 7) is 4.24. The number of nitro benzene ring substituents is 1. The predicted octanol–water partition coefficient (Wildman–Crippen LogP) is 3.02. The van der Waals surface area contributed by atoms with Crippen LogP contribution in [0.4, 0.5) is 5.69 Å². The molecule has 9 heteroatoms. The molecule has 1 aromatic carbocycles. The predicted molar refractivity (Wildman–Crippen MR) is 117 cm³/mol. The van der Waals surface area contributed by atoms with Gasteiger partial charge in [-0.25, -0.2) is 4.99 Å². The van der Waals surface area contributed by atoms with Gasteiger partial charge in [0.05, 0.1) is 17.2 Å². The third kappa shape index (κ3) is 7.94. The molecule has 0 aliphatic rings. The molecule has 2 rings (SSSR count). The Morgan fingerprint density at radius 3 is 2.56 bits per heavy atom. The molecule has 1 heterocycles. The lowest BCUT2D eigenvalue weighted by molar-refractivity contribution is -0.384. The fraction of sp³-hybridized carbons (Fsp3) is 0.444. The summed E-state index contributed by atoms with van der Waals surface area (Å²) in [5.41, 5.74) is 2.31. The molecule has 0 amide bonds. The fourth-order valence-electron chi connectivity index (χ4n) is 2.50. The smallest absolute Gasteiger partial charge is 0.269 e. The molecule has 0 aliphatic heterocycles. The van der Waals surface area contributed by atoms with Gasteiger partial charge in [-0.1, -0.05) is 12.1 Å². The molecule has 27 heavy (non-hydrogen) atoms. The van der Waals surface area contributed by atoms with E-state index in [9.17, 15) is 10.1 Å². The van der Waals surface area contributed by atoms with Gasteiger partial charge in [0, 0.05) is 38.5 Å². The first-order valence-corrected chi connectivity index (χ1v) is 8.82. The Hall–Kier alpha value is -2.17. The highest BCUT2D eigenvalue weighted by Gasteiger charge is 2.04. The Morgan fingerprint density at radius 1 is 1.22 bits per heavy atom. The lowest BCUT2D eigenvalue weighted by Gasteiger charge is -2.11. The number of non-ortho nitro benzene ring substituents is 1. The summed E-state index contributed by atoms with van der Waals surface area (Å²) >= 11 is 0. The van der Waals surface area contributed by atoms with Crippen molar-refractivity contribution in [2.75, 3.05) is 13.1 Å². The number of aryl methyl sites for hydroxylation is 2. The molecule has 2 N–H and O–H groups in total. The number of unbranched alkanes of at least 4 members (excludes halogenated alkanes) is 1. The maximum atomic E-state index is 10.7. The third-order valence-corrected chi connectivity index (χ3v) is 4.00. The van der Waals surface area contributed by atoms with Crippen LogP contribution in [0, 0.1) is 10.1 Å². The first-order valence-electron chi connectivity index (χ1n) is 8.82. The van der Waals surface area contributed by atoms with E-state index in [1.54, 1.807) is 18.3 Å². The molecule has 8 nitrogen and oxygen atoms in total. The van der Waals surface area contributed by atoms with Crippen molar-refractivity contribution >= 4 is 35.6 Å². The molecule has 0 spiro atoms. The molecular weight excluding hydrogens is 459 g/mol. The molecule has 0 fully saturated rings. The third-order valence-electron chi connectivity index (χ3n) is 4.00. The van der Waals surface area contributed by atoms with Crippen LogP contribution >= 0.6 is 24.0 Å². The largest absolute Gasteiger partial charge is 0.357 e. The Kier molecular flexibility index (Phi) is 10.4. The number of hydrogen-bond donors (Lipinski definition) is 2. The molecule has 0 saturated carbocycles. The topological polar surface area (TPSA) is 97.4 Å². The van der Waals surface area contributed by atoms with Crippen LogP contribution < -0.4 is 10.6 Å². The molecule has 0 aliphatic carbocycles. The van der Waals surface area contributed by atoms with Crippen molar-refractivity contribution in [3.8, 4) is 0 Å². The van der Waals surface area contributed by atoms with Crippen molar-refractivity contribution in [2.45, 2.75) is 32.7 Å². The molecular formula is C18H27IN6O2. The summed E-state index contributed by atoms with van der Waals surface area (Å²) in [7, 11) is 1.91. The van der Waals surface area contributed by atoms with E-state index in [1.165, 1.54) is 0 Å². The number of guanidine groups is 1. The van der Waals surface area contributed by atoms with Gasteiger partial charge in [-0.15, -0.1) is 24.0 Å². The number of rotatable bonds is 9. The van der Waals surface area contributed by atoms with Gasteiger partial charge in [-0.05, 0) is 37.8 Å². The van der Waals surface area contributed by atoms with Crippen LogP contribution in [-0.4, -0.2) is 33.8 Å². The van der Waals surface area contributed by atoms with Crippen LogP contribution in [-0.2, 0) is 20.0 Å². The van der Waals surface area contributed by atoms with Gasteiger partial charge in [0.2, 0.25) is 0 Å². The van der Waals surface area contributed by atoms with Crippen molar-refractivity contribution in [2.24, 2.45) is 12.0 Å². The highest BCUT2D eigenvalue weighted by atomic mass is 127. The van der Waals surface area contributed by atoms with E-state index >= 15 is 0 Å². The zero-order valence-electron chi connectivity index (χ0n) is 15.7. The Bertz CT molecular complexity index is 730. The van der Waals surface area contributed by atoms with Crippen LogP contribution in [0.3, 0.4) is 0 Å². The lowest BCUT2D eigenvalue weighted by atomic mass is 10.1. The minimum atomic E-state index is -0.374. The zero-order valence-corrected chi connectivity index (χ0v) is 18.1. The molecule has 0 unspecified atom stereocenters. The normalized spacial score (nSPS) is 11.0. The molecule has 0 bridgehead atoms. The molecule has 0 saturated heterocycles. The highest BCUT2D eigenvalue weighted by Crippen LogP contribution is 2.13. The van der Waals surface area contributed by atoms with Crippen molar-refractivity contribution in [3.05, 3.63) is 57.9 Å². The number of aromatic nitrogens is 2. The average molecular weight is 486 g/mol. The van der Waals surface area contributed by atoms with Gasteiger partial charge in [-0.2, -0.15) is 5.10 Å². The molecule has 0 atom stereocenters. The summed E-state index contributed by atoms with van der Waals surface area (Å²) in [5, 5.41) is 21.4. The quantitative estimate of drug-likeness (QED) is 0.142. The number of nitro groups is 1. The maximum absolute atomic E-state index is 10.7. The van der Waals surface area contributed by atoms with Crippen LogP contribution in [0.1, 0.15) is 31.0 Å². The number of halogens is 1. The molecule has 1 aromatic heterocycles. The van der Waals surface area contributed by atoms with Crippen molar-refractivity contribution < 1.29 is 4.92 Å². The lowest BCUT2D eigenvalue weighted by Crippen LogP contribution is -2.37. The number of hydrogen-bond acceptors (Lipinski definition) is 4. The van der Waals surface area contributed by atoms with E-state index in [0.29, 0.717) is 6.54 Å². The second-order valence-electron chi connectivity index (χ2n) is 5.95. The Labute approximate surface area is 176 Å². The van der Waals surface area contributed by atoms with Gasteiger partial charge < -0.3 is 10.6 Å². The highest BCUT2D eigenvalue weighted by molar-refractivity contribution is 14.0. The minimum absolute atomic E-state index is 0. The van der Waals surface area contributed by atoms with E-state index in [-0.39, 0.29) is 34.6 Å². The second-order valence-corrected chi connectivity index (χ2v) is 5.95. The van der Waals surface area contributed by atoms with Crippen molar-refractivity contribution in [1.29, 1.82) is 0 Å². The summed E-state index contributed by atoms with van der Waals surface area (Å²) in [4.78, 5) is 14.8. The molecule has 148 valence electrons. The fourth-order valence-corrected chi connectivity index (χ4v) is 2.50. The number of benzene rings is 1. The SMILES string of the molecule is CCNC(=NCc1ccnn1C)NCCCCc1ccc([N+](=O)[O-])cc1.I. The van der Waals surface area contributed by atoms with Crippen LogP contribution in [0.15, 0.2) is 41.5 Å². The number of aliphatic imine (C=N–C) groups is 1. The summed E-state index contributed by atoms with van der Waals surface area (Å²) in [6.07, 6.45) is 4.67. The second kappa shape index (κ2) is 12.3. The van der Waals surface area contributed by atoms with E-state index in [4.69, 9.17) is 0 Å². The van der Waals surface area contributed by atoms with Gasteiger partial charge in [0.15, 0.2) is 5.96 Å². The minimum Gasteiger partial charge on any atom is -0.357 e. The maximum Gasteiger partial charge on any atom is 0.269 e.